The van der Waals surface area contributed by atoms with E-state index in [-0.39, 0.29) is 17.7 Å². The average Bonchev–Trinajstić information content (AvgIpc) is 3.22. The molecule has 6 nitrogen and oxygen atoms in total. The van der Waals surface area contributed by atoms with Crippen molar-refractivity contribution in [2.75, 3.05) is 5.75 Å². The minimum Gasteiger partial charge on any atom is -0.449 e. The Morgan fingerprint density at radius 3 is 2.90 bits per heavy atom. The molecule has 3 atom stereocenters. The molecule has 1 fully saturated rings. The maximum absolute atomic E-state index is 12.3. The number of aliphatic hydroxyl groups is 1. The number of ether oxygens (including phenoxy) is 1. The molecule has 8 heteroatoms. The van der Waals surface area contributed by atoms with E-state index in [2.05, 4.69) is 28.8 Å². The number of hydrogen-bond acceptors (Lipinski definition) is 7. The molecule has 0 radical (unpaired) electrons. The summed E-state index contributed by atoms with van der Waals surface area (Å²) < 4.78 is 5.26. The minimum absolute atomic E-state index is 0.00149. The Kier molecular flexibility index (Phi) is 9.39. The number of carboxylic acid groups (broad SMARTS) is 1. The predicted molar refractivity (Wildman–Crippen MR) is 116 cm³/mol. The smallest absolute Gasteiger partial charge is 0.449 e. The third-order valence-electron chi connectivity index (χ3n) is 4.86. The van der Waals surface area contributed by atoms with E-state index in [0.717, 1.165) is 29.4 Å². The van der Waals surface area contributed by atoms with E-state index >= 15 is 0 Å². The van der Waals surface area contributed by atoms with E-state index in [4.69, 9.17) is 5.11 Å². The van der Waals surface area contributed by atoms with Crippen LogP contribution < -0.4 is 4.74 Å². The number of thioether (sulfide) groups is 1. The quantitative estimate of drug-likeness (QED) is 0.273. The van der Waals surface area contributed by atoms with Gasteiger partial charge in [-0.1, -0.05) is 43.0 Å². The molecule has 1 aliphatic carbocycles. The van der Waals surface area contributed by atoms with Crippen LogP contribution >= 0.6 is 23.1 Å². The number of aromatic nitrogens is 1. The number of rotatable bonds is 11. The first kappa shape index (κ1) is 23.6. The van der Waals surface area contributed by atoms with E-state index in [1.165, 1.54) is 23.1 Å². The Morgan fingerprint density at radius 1 is 1.41 bits per heavy atom. The van der Waals surface area contributed by atoms with Gasteiger partial charge < -0.3 is 14.9 Å². The summed E-state index contributed by atoms with van der Waals surface area (Å²) in [6, 6.07) is 0. The summed E-state index contributed by atoms with van der Waals surface area (Å²) >= 11 is 2.84. The molecule has 0 spiro atoms. The Balaban J connectivity index is 1.81. The molecule has 2 rings (SSSR count). The number of thiazole rings is 1. The molecule has 0 aliphatic heterocycles. The molecular formula is C21H29NO5S2. The highest BCUT2D eigenvalue weighted by molar-refractivity contribution is 8.01. The molecule has 29 heavy (non-hydrogen) atoms. The Hall–Kier alpha value is -1.64. The summed E-state index contributed by atoms with van der Waals surface area (Å²) in [4.78, 5) is 26.9. The van der Waals surface area contributed by atoms with E-state index in [1.54, 1.807) is 5.38 Å². The molecule has 1 heterocycles. The van der Waals surface area contributed by atoms with Gasteiger partial charge in [0.05, 0.1) is 11.0 Å². The molecule has 1 aliphatic rings. The average molecular weight is 440 g/mol. The number of allylic oxidation sites excluding steroid dienone is 2. The third-order valence-corrected chi connectivity index (χ3v) is 6.90. The largest absolute Gasteiger partial charge is 0.512 e. The molecule has 1 saturated carbocycles. The first-order chi connectivity index (χ1) is 13.8. The standard InChI is InChI=1S/C21H29NO5S2/c1-3-4-5-11-21(2,26)12-6-7-15-8-9-17(23)16(15)10-13-28-19-22-18(14-29-19)27-20(24)25/h4-7,14-16,26H,3,8-13H2,1-2H3,(H,24,25)/b5-4+,7-6+/t15-,16+,21?/m0/s1. The van der Waals surface area contributed by atoms with E-state index in [1.807, 2.05) is 19.1 Å². The number of hydrogen-bond donors (Lipinski definition) is 2. The highest BCUT2D eigenvalue weighted by Gasteiger charge is 2.32. The zero-order valence-corrected chi connectivity index (χ0v) is 18.5. The van der Waals surface area contributed by atoms with Crippen LogP contribution in [0.25, 0.3) is 0 Å². The van der Waals surface area contributed by atoms with Crippen molar-refractivity contribution < 1.29 is 24.5 Å². The molecule has 0 saturated heterocycles. The molecule has 1 aromatic heterocycles. The molecule has 1 aromatic rings. The normalized spacial score (nSPS) is 21.8. The van der Waals surface area contributed by atoms with Crippen molar-refractivity contribution >= 4 is 35.0 Å². The van der Waals surface area contributed by atoms with E-state index < -0.39 is 11.8 Å². The third kappa shape index (κ3) is 8.32. The van der Waals surface area contributed by atoms with Gasteiger partial charge in [-0.05, 0) is 44.9 Å². The fourth-order valence-corrected chi connectivity index (χ4v) is 5.16. The second kappa shape index (κ2) is 11.5. The van der Waals surface area contributed by atoms with Crippen LogP contribution in [0.3, 0.4) is 0 Å². The zero-order chi connectivity index (χ0) is 21.3. The van der Waals surface area contributed by atoms with Crippen molar-refractivity contribution in [2.45, 2.75) is 62.3 Å². The zero-order valence-electron chi connectivity index (χ0n) is 16.9. The van der Waals surface area contributed by atoms with Gasteiger partial charge in [0.25, 0.3) is 0 Å². The van der Waals surface area contributed by atoms with Gasteiger partial charge in [0.2, 0.25) is 5.88 Å². The highest BCUT2D eigenvalue weighted by Crippen LogP contribution is 2.35. The van der Waals surface area contributed by atoms with Gasteiger partial charge in [0, 0.05) is 18.1 Å². The molecule has 0 aromatic carbocycles. The number of nitrogens with zero attached hydrogens (tertiary/aromatic N) is 1. The maximum atomic E-state index is 12.3. The van der Waals surface area contributed by atoms with Crippen LogP contribution in [0.5, 0.6) is 5.88 Å². The monoisotopic (exact) mass is 439 g/mol. The fraction of sp³-hybridized carbons (Fsp3) is 0.571. The summed E-state index contributed by atoms with van der Waals surface area (Å²) in [5, 5.41) is 20.6. The summed E-state index contributed by atoms with van der Waals surface area (Å²) in [5.41, 5.74) is -0.767. The summed E-state index contributed by atoms with van der Waals surface area (Å²) in [6.07, 6.45) is 11.2. The number of carbonyl (C=O) groups excluding carboxylic acids is 1. The Labute approximate surface area is 180 Å². The number of Topliss-reactive ketones (excluding diaryl/α,β-unsaturated/α-hetero) is 1. The lowest BCUT2D eigenvalue weighted by Crippen LogP contribution is -2.22. The molecule has 160 valence electrons. The maximum Gasteiger partial charge on any atom is 0.512 e. The van der Waals surface area contributed by atoms with Crippen molar-refractivity contribution in [3.63, 3.8) is 0 Å². The molecule has 0 bridgehead atoms. The van der Waals surface area contributed by atoms with Gasteiger partial charge in [-0.2, -0.15) is 4.98 Å². The molecule has 2 N–H and O–H groups in total. The van der Waals surface area contributed by atoms with Gasteiger partial charge in [-0.25, -0.2) is 4.79 Å². The van der Waals surface area contributed by atoms with Crippen LogP contribution in [0.2, 0.25) is 0 Å². The Morgan fingerprint density at radius 2 is 2.17 bits per heavy atom. The Bertz CT molecular complexity index is 741. The molecule has 1 unspecified atom stereocenters. The van der Waals surface area contributed by atoms with Crippen LogP contribution in [0.15, 0.2) is 34.0 Å². The van der Waals surface area contributed by atoms with Gasteiger partial charge >= 0.3 is 6.16 Å². The summed E-state index contributed by atoms with van der Waals surface area (Å²) in [6.45, 7) is 3.90. The van der Waals surface area contributed by atoms with Crippen LogP contribution in [0.1, 0.15) is 52.4 Å². The van der Waals surface area contributed by atoms with Crippen LogP contribution in [0.4, 0.5) is 4.79 Å². The van der Waals surface area contributed by atoms with Gasteiger partial charge in [-0.15, -0.1) is 11.3 Å². The second-order valence-electron chi connectivity index (χ2n) is 7.45. The van der Waals surface area contributed by atoms with Gasteiger partial charge in [0.15, 0.2) is 4.34 Å². The first-order valence-corrected chi connectivity index (χ1v) is 11.7. The SMILES string of the molecule is CC/C=C/CC(C)(O)C/C=C/[C@H]1CCC(=O)[C@@H]1CCSc1nc(OC(=O)O)cs1. The van der Waals surface area contributed by atoms with Crippen LogP contribution in [0, 0.1) is 11.8 Å². The number of ketones is 1. The van der Waals surface area contributed by atoms with Gasteiger partial charge in [0.1, 0.15) is 5.78 Å². The number of carbonyl (C=O) groups is 2. The van der Waals surface area contributed by atoms with Crippen LogP contribution in [-0.4, -0.2) is 38.5 Å². The molecule has 0 amide bonds. The highest BCUT2D eigenvalue weighted by atomic mass is 32.2. The van der Waals surface area contributed by atoms with Gasteiger partial charge in [-0.3, -0.25) is 4.79 Å². The lowest BCUT2D eigenvalue weighted by Gasteiger charge is -2.20. The lowest BCUT2D eigenvalue weighted by molar-refractivity contribution is -0.121. The van der Waals surface area contributed by atoms with E-state index in [9.17, 15) is 14.7 Å². The first-order valence-electron chi connectivity index (χ1n) is 9.86. The fourth-order valence-electron chi connectivity index (χ4n) is 3.34. The van der Waals surface area contributed by atoms with Crippen molar-refractivity contribution in [3.05, 3.63) is 29.7 Å². The lowest BCUT2D eigenvalue weighted by atomic mass is 9.91. The van der Waals surface area contributed by atoms with Crippen molar-refractivity contribution in [1.82, 2.24) is 4.98 Å². The second-order valence-corrected chi connectivity index (χ2v) is 9.65. The van der Waals surface area contributed by atoms with Crippen LogP contribution in [-0.2, 0) is 4.79 Å². The van der Waals surface area contributed by atoms with Crippen molar-refractivity contribution in [1.29, 1.82) is 0 Å². The van der Waals surface area contributed by atoms with Crippen molar-refractivity contribution in [2.24, 2.45) is 11.8 Å². The predicted octanol–water partition coefficient (Wildman–Crippen LogP) is 5.33. The van der Waals surface area contributed by atoms with E-state index in [0.29, 0.717) is 25.0 Å². The van der Waals surface area contributed by atoms with Crippen molar-refractivity contribution in [3.8, 4) is 5.88 Å². The summed E-state index contributed by atoms with van der Waals surface area (Å²) in [7, 11) is 0. The molecular weight excluding hydrogens is 410 g/mol. The minimum atomic E-state index is -1.38. The summed E-state index contributed by atoms with van der Waals surface area (Å²) in [5.74, 6) is 1.33. The topological polar surface area (TPSA) is 96.7 Å².